The Morgan fingerprint density at radius 3 is 2.61 bits per heavy atom. The van der Waals surface area contributed by atoms with Crippen LogP contribution >= 0.6 is 0 Å². The van der Waals surface area contributed by atoms with Crippen molar-refractivity contribution in [2.75, 3.05) is 0 Å². The molecule has 0 aliphatic heterocycles. The summed E-state index contributed by atoms with van der Waals surface area (Å²) in [6.07, 6.45) is 0.376. The lowest BCUT2D eigenvalue weighted by Crippen LogP contribution is -2.24. The average Bonchev–Trinajstić information content (AvgIpc) is 2.69. The SMILES string of the molecule is Cc1n[nH]c(C)c1CC(=O)NCc1ccccc1. The number of hydrogen-bond donors (Lipinski definition) is 2. The zero-order valence-corrected chi connectivity index (χ0v) is 10.7. The molecule has 0 bridgehead atoms. The lowest BCUT2D eigenvalue weighted by atomic mass is 10.1. The van der Waals surface area contributed by atoms with Crippen LogP contribution in [0.5, 0.6) is 0 Å². The van der Waals surface area contributed by atoms with Crippen molar-refractivity contribution in [3.8, 4) is 0 Å². The lowest BCUT2D eigenvalue weighted by molar-refractivity contribution is -0.120. The third-order valence-corrected chi connectivity index (χ3v) is 2.95. The van der Waals surface area contributed by atoms with E-state index >= 15 is 0 Å². The van der Waals surface area contributed by atoms with Gasteiger partial charge in [-0.2, -0.15) is 5.10 Å². The third kappa shape index (κ3) is 2.97. The summed E-state index contributed by atoms with van der Waals surface area (Å²) >= 11 is 0. The number of aromatic amines is 1. The Balaban J connectivity index is 1.90. The predicted octanol–water partition coefficient (Wildman–Crippen LogP) is 1.89. The van der Waals surface area contributed by atoms with Gasteiger partial charge in [-0.05, 0) is 19.4 Å². The van der Waals surface area contributed by atoms with E-state index in [4.69, 9.17) is 0 Å². The fourth-order valence-electron chi connectivity index (χ4n) is 1.85. The van der Waals surface area contributed by atoms with Gasteiger partial charge < -0.3 is 5.32 Å². The van der Waals surface area contributed by atoms with E-state index in [9.17, 15) is 4.79 Å². The zero-order chi connectivity index (χ0) is 13.0. The molecule has 18 heavy (non-hydrogen) atoms. The molecule has 4 nitrogen and oxygen atoms in total. The molecule has 1 amide bonds. The zero-order valence-electron chi connectivity index (χ0n) is 10.7. The van der Waals surface area contributed by atoms with E-state index in [-0.39, 0.29) is 5.91 Å². The summed E-state index contributed by atoms with van der Waals surface area (Å²) in [7, 11) is 0. The van der Waals surface area contributed by atoms with Gasteiger partial charge in [0.2, 0.25) is 5.91 Å². The molecule has 0 saturated carbocycles. The standard InChI is InChI=1S/C14H17N3O/c1-10-13(11(2)17-16-10)8-14(18)15-9-12-6-4-3-5-7-12/h3-7H,8-9H2,1-2H3,(H,15,18)(H,16,17). The summed E-state index contributed by atoms with van der Waals surface area (Å²) in [5, 5.41) is 9.88. The van der Waals surface area contributed by atoms with Crippen LogP contribution in [0.25, 0.3) is 0 Å². The number of carbonyl (C=O) groups is 1. The van der Waals surface area contributed by atoms with E-state index in [1.165, 1.54) is 0 Å². The van der Waals surface area contributed by atoms with Crippen LogP contribution in [0.4, 0.5) is 0 Å². The fraction of sp³-hybridized carbons (Fsp3) is 0.286. The first-order valence-corrected chi connectivity index (χ1v) is 5.98. The Morgan fingerprint density at radius 2 is 2.00 bits per heavy atom. The van der Waals surface area contributed by atoms with Gasteiger partial charge in [0.15, 0.2) is 0 Å². The van der Waals surface area contributed by atoms with Crippen LogP contribution in [0.2, 0.25) is 0 Å². The van der Waals surface area contributed by atoms with Gasteiger partial charge in [-0.25, -0.2) is 0 Å². The van der Waals surface area contributed by atoms with Crippen LogP contribution in [-0.2, 0) is 17.8 Å². The van der Waals surface area contributed by atoms with Crippen LogP contribution in [-0.4, -0.2) is 16.1 Å². The van der Waals surface area contributed by atoms with Crippen LogP contribution in [0, 0.1) is 13.8 Å². The molecular weight excluding hydrogens is 226 g/mol. The highest BCUT2D eigenvalue weighted by molar-refractivity contribution is 5.79. The summed E-state index contributed by atoms with van der Waals surface area (Å²) in [6, 6.07) is 9.88. The second-order valence-electron chi connectivity index (χ2n) is 4.35. The highest BCUT2D eigenvalue weighted by Crippen LogP contribution is 2.09. The second kappa shape index (κ2) is 5.49. The van der Waals surface area contributed by atoms with Gasteiger partial charge >= 0.3 is 0 Å². The van der Waals surface area contributed by atoms with E-state index in [2.05, 4.69) is 15.5 Å². The van der Waals surface area contributed by atoms with Crippen molar-refractivity contribution in [3.05, 3.63) is 52.8 Å². The number of nitrogens with zero attached hydrogens (tertiary/aromatic N) is 1. The Hall–Kier alpha value is -2.10. The monoisotopic (exact) mass is 243 g/mol. The number of aromatic nitrogens is 2. The molecule has 1 aromatic heterocycles. The summed E-state index contributed by atoms with van der Waals surface area (Å²) in [5.74, 6) is 0.0199. The van der Waals surface area contributed by atoms with E-state index in [1.54, 1.807) is 0 Å². The number of H-pyrrole nitrogens is 1. The van der Waals surface area contributed by atoms with Crippen molar-refractivity contribution in [3.63, 3.8) is 0 Å². The van der Waals surface area contributed by atoms with Gasteiger partial charge in [0.1, 0.15) is 0 Å². The number of amides is 1. The van der Waals surface area contributed by atoms with E-state index in [0.717, 1.165) is 22.5 Å². The first-order chi connectivity index (χ1) is 8.66. The minimum Gasteiger partial charge on any atom is -0.352 e. The molecule has 0 unspecified atom stereocenters. The maximum absolute atomic E-state index is 11.8. The molecule has 0 aliphatic rings. The van der Waals surface area contributed by atoms with Crippen molar-refractivity contribution >= 4 is 5.91 Å². The number of hydrogen-bond acceptors (Lipinski definition) is 2. The molecule has 0 saturated heterocycles. The van der Waals surface area contributed by atoms with Crippen LogP contribution in [0.3, 0.4) is 0 Å². The number of rotatable bonds is 4. The molecule has 0 spiro atoms. The Labute approximate surface area is 106 Å². The van der Waals surface area contributed by atoms with Gasteiger partial charge in [-0.1, -0.05) is 30.3 Å². The van der Waals surface area contributed by atoms with Crippen molar-refractivity contribution < 1.29 is 4.79 Å². The van der Waals surface area contributed by atoms with Crippen LogP contribution in [0.1, 0.15) is 22.5 Å². The Kier molecular flexibility index (Phi) is 3.77. The molecule has 0 aliphatic carbocycles. The minimum absolute atomic E-state index is 0.0199. The molecule has 0 radical (unpaired) electrons. The topological polar surface area (TPSA) is 57.8 Å². The molecule has 94 valence electrons. The first kappa shape index (κ1) is 12.4. The molecule has 0 atom stereocenters. The quantitative estimate of drug-likeness (QED) is 0.861. The van der Waals surface area contributed by atoms with Gasteiger partial charge in [0, 0.05) is 17.8 Å². The number of aryl methyl sites for hydroxylation is 2. The smallest absolute Gasteiger partial charge is 0.224 e. The maximum Gasteiger partial charge on any atom is 0.224 e. The number of benzene rings is 1. The maximum atomic E-state index is 11.8. The fourth-order valence-corrected chi connectivity index (χ4v) is 1.85. The Bertz CT molecular complexity index is 512. The normalized spacial score (nSPS) is 10.3. The van der Waals surface area contributed by atoms with Crippen molar-refractivity contribution in [1.82, 2.24) is 15.5 Å². The molecule has 1 aromatic carbocycles. The van der Waals surface area contributed by atoms with Gasteiger partial charge in [-0.3, -0.25) is 9.89 Å². The molecule has 2 N–H and O–H groups in total. The summed E-state index contributed by atoms with van der Waals surface area (Å²) in [4.78, 5) is 11.8. The lowest BCUT2D eigenvalue weighted by Gasteiger charge is -2.05. The van der Waals surface area contributed by atoms with Gasteiger partial charge in [-0.15, -0.1) is 0 Å². The summed E-state index contributed by atoms with van der Waals surface area (Å²) in [6.45, 7) is 4.40. The summed E-state index contributed by atoms with van der Waals surface area (Å²) in [5.41, 5.74) is 3.94. The molecule has 2 aromatic rings. The largest absolute Gasteiger partial charge is 0.352 e. The molecule has 1 heterocycles. The highest BCUT2D eigenvalue weighted by atomic mass is 16.1. The molecule has 0 fully saturated rings. The van der Waals surface area contributed by atoms with Crippen LogP contribution < -0.4 is 5.32 Å². The number of nitrogens with one attached hydrogen (secondary N) is 2. The van der Waals surface area contributed by atoms with Crippen molar-refractivity contribution in [1.29, 1.82) is 0 Å². The van der Waals surface area contributed by atoms with E-state index in [0.29, 0.717) is 13.0 Å². The van der Waals surface area contributed by atoms with Crippen molar-refractivity contribution in [2.45, 2.75) is 26.8 Å². The molecular formula is C14H17N3O. The van der Waals surface area contributed by atoms with Gasteiger partial charge in [0.25, 0.3) is 0 Å². The van der Waals surface area contributed by atoms with Crippen molar-refractivity contribution in [2.24, 2.45) is 0 Å². The number of carbonyl (C=O) groups excluding carboxylic acids is 1. The molecule has 2 rings (SSSR count). The first-order valence-electron chi connectivity index (χ1n) is 5.98. The second-order valence-corrected chi connectivity index (χ2v) is 4.35. The third-order valence-electron chi connectivity index (χ3n) is 2.95. The average molecular weight is 243 g/mol. The predicted molar refractivity (Wildman–Crippen MR) is 70.1 cm³/mol. The molecule has 4 heteroatoms. The van der Waals surface area contributed by atoms with Gasteiger partial charge in [0.05, 0.1) is 12.1 Å². The van der Waals surface area contributed by atoms with Crippen LogP contribution in [0.15, 0.2) is 30.3 Å². The Morgan fingerprint density at radius 1 is 1.28 bits per heavy atom. The minimum atomic E-state index is 0.0199. The van der Waals surface area contributed by atoms with E-state index in [1.807, 2.05) is 44.2 Å². The van der Waals surface area contributed by atoms with E-state index < -0.39 is 0 Å². The summed E-state index contributed by atoms with van der Waals surface area (Å²) < 4.78 is 0. The highest BCUT2D eigenvalue weighted by Gasteiger charge is 2.10.